The third kappa shape index (κ3) is 2.51. The number of nitrogens with zero attached hydrogens (tertiary/aromatic N) is 1. The number of aryl methyl sites for hydroxylation is 1. The molecule has 25 heavy (non-hydrogen) atoms. The summed E-state index contributed by atoms with van der Waals surface area (Å²) < 4.78 is 0. The third-order valence-electron chi connectivity index (χ3n) is 5.19. The Labute approximate surface area is 146 Å². The minimum atomic E-state index is -0.984. The first kappa shape index (κ1) is 15.8. The van der Waals surface area contributed by atoms with Crippen molar-refractivity contribution in [3.05, 3.63) is 71.3 Å². The molecule has 2 aromatic carbocycles. The number of aliphatic hydroxyl groups excluding tert-OH is 1. The van der Waals surface area contributed by atoms with E-state index in [1.54, 1.807) is 12.1 Å². The molecular formula is C20H20N2O3. The molecule has 1 fully saturated rings. The summed E-state index contributed by atoms with van der Waals surface area (Å²) >= 11 is 0. The molecule has 0 radical (unpaired) electrons. The van der Waals surface area contributed by atoms with Crippen molar-refractivity contribution in [1.82, 2.24) is 10.2 Å². The number of fused-ring (bicyclic) bond motifs is 2. The lowest BCUT2D eigenvalue weighted by Crippen LogP contribution is -2.46. The maximum Gasteiger partial charge on any atom is 0.325 e. The second-order valence-electron chi connectivity index (χ2n) is 6.69. The van der Waals surface area contributed by atoms with E-state index in [0.29, 0.717) is 12.0 Å². The smallest absolute Gasteiger partial charge is 0.325 e. The van der Waals surface area contributed by atoms with Crippen LogP contribution in [0.5, 0.6) is 0 Å². The van der Waals surface area contributed by atoms with E-state index in [1.807, 2.05) is 42.5 Å². The molecule has 2 atom stereocenters. The maximum absolute atomic E-state index is 13.2. The molecule has 2 N–H and O–H groups in total. The fraction of sp³-hybridized carbons (Fsp3) is 0.300. The van der Waals surface area contributed by atoms with Crippen molar-refractivity contribution in [2.45, 2.75) is 30.9 Å². The predicted molar refractivity (Wildman–Crippen MR) is 92.7 cm³/mol. The Morgan fingerprint density at radius 2 is 1.80 bits per heavy atom. The van der Waals surface area contributed by atoms with Crippen molar-refractivity contribution in [2.75, 3.05) is 6.54 Å². The highest BCUT2D eigenvalue weighted by Gasteiger charge is 2.54. The molecule has 5 nitrogen and oxygen atoms in total. The normalized spacial score (nSPS) is 23.5. The largest absolute Gasteiger partial charge is 0.387 e. The van der Waals surface area contributed by atoms with Gasteiger partial charge in [0.15, 0.2) is 0 Å². The van der Waals surface area contributed by atoms with Crippen LogP contribution in [0.2, 0.25) is 0 Å². The number of β-amino-alcohol motifs (C(OH)–C–C–N with tert-alkyl or cyclic N) is 1. The Morgan fingerprint density at radius 1 is 1.08 bits per heavy atom. The van der Waals surface area contributed by atoms with Crippen LogP contribution in [0.25, 0.3) is 0 Å². The number of rotatable bonds is 3. The average Bonchev–Trinajstić information content (AvgIpc) is 2.88. The molecule has 1 spiro atoms. The van der Waals surface area contributed by atoms with Gasteiger partial charge in [-0.25, -0.2) is 4.79 Å². The molecular weight excluding hydrogens is 316 g/mol. The van der Waals surface area contributed by atoms with Gasteiger partial charge in [0.25, 0.3) is 5.91 Å². The fourth-order valence-corrected chi connectivity index (χ4v) is 3.93. The first-order valence-corrected chi connectivity index (χ1v) is 8.57. The number of hydrogen-bond acceptors (Lipinski definition) is 3. The average molecular weight is 336 g/mol. The van der Waals surface area contributed by atoms with Crippen molar-refractivity contribution in [1.29, 1.82) is 0 Å². The van der Waals surface area contributed by atoms with Gasteiger partial charge in [-0.1, -0.05) is 54.6 Å². The highest BCUT2D eigenvalue weighted by Crippen LogP contribution is 2.40. The Kier molecular flexibility index (Phi) is 3.81. The van der Waals surface area contributed by atoms with Crippen LogP contribution in [0.3, 0.4) is 0 Å². The monoisotopic (exact) mass is 336 g/mol. The molecule has 2 aromatic rings. The quantitative estimate of drug-likeness (QED) is 0.846. The lowest BCUT2D eigenvalue weighted by atomic mass is 9.76. The summed E-state index contributed by atoms with van der Waals surface area (Å²) in [5.41, 5.74) is 1.69. The summed E-state index contributed by atoms with van der Waals surface area (Å²) in [6, 6.07) is 16.4. The highest BCUT2D eigenvalue weighted by atomic mass is 16.3. The van der Waals surface area contributed by atoms with Crippen LogP contribution < -0.4 is 5.32 Å². The standard InChI is InChI=1S/C20H20N2O3/c23-17(15-8-2-1-3-9-15)13-22-18(24)20(21-19(22)25)12-6-10-14-7-4-5-11-16(14)20/h1-5,7-9,11,17,23H,6,10,12-13H2,(H,21,25)/t17-,20-/m0/s1. The topological polar surface area (TPSA) is 69.6 Å². The molecule has 0 aromatic heterocycles. The van der Waals surface area contributed by atoms with E-state index < -0.39 is 17.7 Å². The van der Waals surface area contributed by atoms with E-state index >= 15 is 0 Å². The minimum absolute atomic E-state index is 0.0431. The highest BCUT2D eigenvalue weighted by molar-refractivity contribution is 6.07. The number of hydrogen-bond donors (Lipinski definition) is 2. The molecule has 3 amide bonds. The second kappa shape index (κ2) is 6.01. The van der Waals surface area contributed by atoms with Crippen molar-refractivity contribution in [3.63, 3.8) is 0 Å². The number of amides is 3. The third-order valence-corrected chi connectivity index (χ3v) is 5.19. The van der Waals surface area contributed by atoms with Crippen LogP contribution in [-0.4, -0.2) is 28.5 Å². The summed E-state index contributed by atoms with van der Waals surface area (Å²) in [6.45, 7) is -0.0431. The van der Waals surface area contributed by atoms with Gasteiger partial charge in [0.2, 0.25) is 0 Å². The van der Waals surface area contributed by atoms with Gasteiger partial charge in [-0.3, -0.25) is 9.69 Å². The first-order chi connectivity index (χ1) is 12.1. The molecule has 1 heterocycles. The predicted octanol–water partition coefficient (Wildman–Crippen LogP) is 2.50. The number of carbonyl (C=O) groups excluding carboxylic acids is 2. The molecule has 0 saturated carbocycles. The fourth-order valence-electron chi connectivity index (χ4n) is 3.93. The zero-order valence-electron chi connectivity index (χ0n) is 13.8. The van der Waals surface area contributed by atoms with Crippen LogP contribution in [0.1, 0.15) is 35.6 Å². The Bertz CT molecular complexity index is 821. The Hall–Kier alpha value is -2.66. The van der Waals surface area contributed by atoms with Gasteiger partial charge in [0, 0.05) is 0 Å². The van der Waals surface area contributed by atoms with Gasteiger partial charge in [-0.2, -0.15) is 0 Å². The molecule has 2 aliphatic rings. The van der Waals surface area contributed by atoms with E-state index in [9.17, 15) is 14.7 Å². The number of imide groups is 1. The molecule has 128 valence electrons. The summed E-state index contributed by atoms with van der Waals surface area (Å²) in [6.07, 6.45) is 1.45. The van der Waals surface area contributed by atoms with Crippen LogP contribution >= 0.6 is 0 Å². The summed E-state index contributed by atoms with van der Waals surface area (Å²) in [7, 11) is 0. The van der Waals surface area contributed by atoms with E-state index in [-0.39, 0.29) is 12.5 Å². The Morgan fingerprint density at radius 3 is 2.60 bits per heavy atom. The van der Waals surface area contributed by atoms with Crippen molar-refractivity contribution >= 4 is 11.9 Å². The maximum atomic E-state index is 13.2. The molecule has 5 heteroatoms. The van der Waals surface area contributed by atoms with Gasteiger partial charge in [0.1, 0.15) is 5.54 Å². The van der Waals surface area contributed by atoms with Crippen LogP contribution in [0.15, 0.2) is 54.6 Å². The number of carbonyl (C=O) groups is 2. The van der Waals surface area contributed by atoms with Crippen LogP contribution in [0, 0.1) is 0 Å². The lowest BCUT2D eigenvalue weighted by molar-refractivity contribution is -0.133. The van der Waals surface area contributed by atoms with E-state index in [0.717, 1.165) is 28.9 Å². The molecule has 0 bridgehead atoms. The number of aliphatic hydroxyl groups is 1. The van der Waals surface area contributed by atoms with Crippen molar-refractivity contribution < 1.29 is 14.7 Å². The molecule has 1 aliphatic heterocycles. The van der Waals surface area contributed by atoms with Gasteiger partial charge in [-0.05, 0) is 36.0 Å². The molecule has 1 aliphatic carbocycles. The van der Waals surface area contributed by atoms with E-state index in [2.05, 4.69) is 5.32 Å². The molecule has 0 unspecified atom stereocenters. The summed E-state index contributed by atoms with van der Waals surface area (Å²) in [4.78, 5) is 26.8. The molecule has 4 rings (SSSR count). The summed E-state index contributed by atoms with van der Waals surface area (Å²) in [5.74, 6) is -0.264. The lowest BCUT2D eigenvalue weighted by Gasteiger charge is -2.33. The first-order valence-electron chi connectivity index (χ1n) is 8.57. The second-order valence-corrected chi connectivity index (χ2v) is 6.69. The van der Waals surface area contributed by atoms with Crippen LogP contribution in [-0.2, 0) is 16.8 Å². The van der Waals surface area contributed by atoms with E-state index in [4.69, 9.17) is 0 Å². The van der Waals surface area contributed by atoms with E-state index in [1.165, 1.54) is 0 Å². The minimum Gasteiger partial charge on any atom is -0.387 e. The van der Waals surface area contributed by atoms with Crippen molar-refractivity contribution in [3.8, 4) is 0 Å². The SMILES string of the molecule is O=C1N[C@]2(CCCc3ccccc32)C(=O)N1C[C@H](O)c1ccccc1. The number of nitrogens with one attached hydrogen (secondary N) is 1. The number of urea groups is 1. The van der Waals surface area contributed by atoms with Gasteiger partial charge in [-0.15, -0.1) is 0 Å². The summed E-state index contributed by atoms with van der Waals surface area (Å²) in [5, 5.41) is 13.3. The van der Waals surface area contributed by atoms with Crippen molar-refractivity contribution in [2.24, 2.45) is 0 Å². The van der Waals surface area contributed by atoms with Crippen LogP contribution in [0.4, 0.5) is 4.79 Å². The zero-order chi connectivity index (χ0) is 17.4. The van der Waals surface area contributed by atoms with Gasteiger partial charge >= 0.3 is 6.03 Å². The van der Waals surface area contributed by atoms with Gasteiger partial charge in [0.05, 0.1) is 12.6 Å². The van der Waals surface area contributed by atoms with Gasteiger partial charge < -0.3 is 10.4 Å². The Balaban J connectivity index is 1.63. The zero-order valence-corrected chi connectivity index (χ0v) is 13.8. The number of benzene rings is 2. The molecule has 1 saturated heterocycles.